The van der Waals surface area contributed by atoms with Crippen LogP contribution in [0.25, 0.3) is 0 Å². The maximum atomic E-state index is 12.9. The lowest BCUT2D eigenvalue weighted by molar-refractivity contribution is -0.130. The van der Waals surface area contributed by atoms with Gasteiger partial charge < -0.3 is 24.6 Å². The third-order valence-electron chi connectivity index (χ3n) is 4.63. The molecule has 0 aliphatic carbocycles. The number of carbonyl (C=O) groups excluding carboxylic acids is 2. The van der Waals surface area contributed by atoms with Gasteiger partial charge in [0.25, 0.3) is 0 Å². The molecule has 7 nitrogen and oxygen atoms in total. The summed E-state index contributed by atoms with van der Waals surface area (Å²) in [5.74, 6) is 1.41. The Morgan fingerprint density at radius 3 is 2.54 bits per heavy atom. The van der Waals surface area contributed by atoms with Gasteiger partial charge in [-0.15, -0.1) is 11.8 Å². The lowest BCUT2D eigenvalue weighted by atomic mass is 10.1. The Kier molecular flexibility index (Phi) is 7.86. The average molecular weight is 410 g/mol. The van der Waals surface area contributed by atoms with E-state index >= 15 is 0 Å². The molecule has 0 radical (unpaired) electrons. The molecule has 28 heavy (non-hydrogen) atoms. The fourth-order valence-electron chi connectivity index (χ4n) is 3.07. The van der Waals surface area contributed by atoms with Crippen LogP contribution in [0, 0.1) is 0 Å². The van der Waals surface area contributed by atoms with Crippen molar-refractivity contribution in [2.45, 2.75) is 43.9 Å². The molecule has 0 unspecified atom stereocenters. The minimum Gasteiger partial charge on any atom is -0.493 e. The van der Waals surface area contributed by atoms with Crippen LogP contribution in [0.5, 0.6) is 11.5 Å². The summed E-state index contributed by atoms with van der Waals surface area (Å²) in [7, 11) is 4.94. The van der Waals surface area contributed by atoms with E-state index in [1.165, 1.54) is 0 Å². The molecular formula is C20H31N3O4S. The predicted molar refractivity (Wildman–Crippen MR) is 112 cm³/mol. The molecule has 0 spiro atoms. The lowest BCUT2D eigenvalue weighted by Gasteiger charge is -2.27. The van der Waals surface area contributed by atoms with Crippen LogP contribution in [0.4, 0.5) is 4.79 Å². The van der Waals surface area contributed by atoms with Gasteiger partial charge in [0.1, 0.15) is 5.37 Å². The maximum absolute atomic E-state index is 12.9. The number of urea groups is 1. The van der Waals surface area contributed by atoms with Gasteiger partial charge in [0.05, 0.1) is 19.5 Å². The molecule has 156 valence electrons. The van der Waals surface area contributed by atoms with Crippen molar-refractivity contribution >= 4 is 23.7 Å². The van der Waals surface area contributed by atoms with Gasteiger partial charge >= 0.3 is 6.03 Å². The van der Waals surface area contributed by atoms with Crippen molar-refractivity contribution < 1.29 is 19.1 Å². The first-order chi connectivity index (χ1) is 13.3. The van der Waals surface area contributed by atoms with Crippen LogP contribution >= 0.6 is 11.8 Å². The lowest BCUT2D eigenvalue weighted by Crippen LogP contribution is -2.44. The van der Waals surface area contributed by atoms with Gasteiger partial charge in [0, 0.05) is 26.2 Å². The maximum Gasteiger partial charge on any atom is 0.317 e. The summed E-state index contributed by atoms with van der Waals surface area (Å²) in [4.78, 5) is 28.5. The monoisotopic (exact) mass is 409 g/mol. The number of thioether (sulfide) groups is 1. The number of rotatable bonds is 8. The van der Waals surface area contributed by atoms with Crippen molar-refractivity contribution in [1.29, 1.82) is 0 Å². The van der Waals surface area contributed by atoms with E-state index in [4.69, 9.17) is 9.47 Å². The largest absolute Gasteiger partial charge is 0.493 e. The number of nitrogens with one attached hydrogen (secondary N) is 1. The van der Waals surface area contributed by atoms with E-state index in [2.05, 4.69) is 5.32 Å². The number of benzene rings is 1. The molecule has 0 bridgehead atoms. The topological polar surface area (TPSA) is 71.1 Å². The molecule has 0 saturated carbocycles. The molecule has 1 saturated heterocycles. The summed E-state index contributed by atoms with van der Waals surface area (Å²) in [6.07, 6.45) is 0.771. The van der Waals surface area contributed by atoms with Crippen LogP contribution in [-0.2, 0) is 4.79 Å². The zero-order chi connectivity index (χ0) is 20.8. The summed E-state index contributed by atoms with van der Waals surface area (Å²) in [5.41, 5.74) is 0.987. The van der Waals surface area contributed by atoms with Crippen molar-refractivity contribution in [3.63, 3.8) is 0 Å². The summed E-state index contributed by atoms with van der Waals surface area (Å²) >= 11 is 1.64. The molecule has 1 heterocycles. The van der Waals surface area contributed by atoms with Crippen LogP contribution in [0.2, 0.25) is 0 Å². The van der Waals surface area contributed by atoms with E-state index in [0.717, 1.165) is 12.0 Å². The van der Waals surface area contributed by atoms with Crippen LogP contribution in [-0.4, -0.2) is 67.4 Å². The normalized spacial score (nSPS) is 19.1. The number of likely N-dealkylation sites (N-methyl/N-ethyl adjacent to an activating group) is 1. The highest BCUT2D eigenvalue weighted by atomic mass is 32.2. The highest BCUT2D eigenvalue weighted by molar-refractivity contribution is 8.01. The van der Waals surface area contributed by atoms with Crippen LogP contribution in [0.3, 0.4) is 0 Å². The van der Waals surface area contributed by atoms with E-state index in [0.29, 0.717) is 24.6 Å². The Balaban J connectivity index is 2.18. The molecule has 8 heteroatoms. The molecule has 1 fully saturated rings. The first kappa shape index (κ1) is 22.2. The Bertz CT molecular complexity index is 698. The smallest absolute Gasteiger partial charge is 0.317 e. The molecule has 2 rings (SSSR count). The molecular weight excluding hydrogens is 378 g/mol. The van der Waals surface area contributed by atoms with Gasteiger partial charge in [-0.25, -0.2) is 4.79 Å². The average Bonchev–Trinajstić information content (AvgIpc) is 3.00. The number of ether oxygens (including phenoxy) is 2. The fraction of sp³-hybridized carbons (Fsp3) is 0.600. The summed E-state index contributed by atoms with van der Waals surface area (Å²) in [6, 6.07) is 5.68. The Morgan fingerprint density at radius 2 is 1.96 bits per heavy atom. The molecule has 1 aromatic carbocycles. The summed E-state index contributed by atoms with van der Waals surface area (Å²) in [6.45, 7) is 6.80. The van der Waals surface area contributed by atoms with Crippen LogP contribution < -0.4 is 14.8 Å². The molecule has 1 aliphatic heterocycles. The summed E-state index contributed by atoms with van der Waals surface area (Å²) < 4.78 is 10.7. The quantitative estimate of drug-likeness (QED) is 0.714. The van der Waals surface area contributed by atoms with Crippen molar-refractivity contribution in [3.05, 3.63) is 23.8 Å². The van der Waals surface area contributed by atoms with Crippen molar-refractivity contribution in [3.8, 4) is 11.5 Å². The van der Waals surface area contributed by atoms with Gasteiger partial charge in [-0.3, -0.25) is 4.79 Å². The van der Waals surface area contributed by atoms with E-state index in [1.807, 2.05) is 43.9 Å². The van der Waals surface area contributed by atoms with Crippen molar-refractivity contribution in [2.24, 2.45) is 0 Å². The van der Waals surface area contributed by atoms with Gasteiger partial charge in [-0.1, -0.05) is 13.0 Å². The third kappa shape index (κ3) is 5.04. The van der Waals surface area contributed by atoms with Crippen molar-refractivity contribution in [1.82, 2.24) is 15.1 Å². The summed E-state index contributed by atoms with van der Waals surface area (Å²) in [5, 5.41) is 2.68. The van der Waals surface area contributed by atoms with E-state index in [9.17, 15) is 9.59 Å². The highest BCUT2D eigenvalue weighted by Gasteiger charge is 2.40. The second-order valence-electron chi connectivity index (χ2n) is 7.06. The molecule has 2 atom stereocenters. The van der Waals surface area contributed by atoms with Crippen molar-refractivity contribution in [2.75, 3.05) is 34.4 Å². The number of methoxy groups -OCH3 is 2. The molecule has 3 amide bonds. The second kappa shape index (κ2) is 9.91. The number of carbonyl (C=O) groups is 2. The Labute approximate surface area is 171 Å². The van der Waals surface area contributed by atoms with E-state index < -0.39 is 0 Å². The minimum absolute atomic E-state index is 0.0721. The zero-order valence-corrected chi connectivity index (χ0v) is 18.3. The molecule has 0 aromatic heterocycles. The molecule has 1 aromatic rings. The number of amides is 3. The predicted octanol–water partition coefficient (Wildman–Crippen LogP) is 3.11. The molecule has 1 aliphatic rings. The Hall–Kier alpha value is -2.09. The zero-order valence-electron chi connectivity index (χ0n) is 17.5. The number of nitrogens with zero attached hydrogens (tertiary/aromatic N) is 2. The van der Waals surface area contributed by atoms with Gasteiger partial charge in [-0.05, 0) is 38.0 Å². The van der Waals surface area contributed by atoms with Gasteiger partial charge in [0.2, 0.25) is 5.91 Å². The number of hydrogen-bond donors (Lipinski definition) is 1. The highest BCUT2D eigenvalue weighted by Crippen LogP contribution is 2.45. The Morgan fingerprint density at radius 1 is 1.29 bits per heavy atom. The van der Waals surface area contributed by atoms with Gasteiger partial charge in [0.15, 0.2) is 11.5 Å². The first-order valence-electron chi connectivity index (χ1n) is 9.51. The number of hydrogen-bond acceptors (Lipinski definition) is 5. The third-order valence-corrected chi connectivity index (χ3v) is 6.28. The van der Waals surface area contributed by atoms with Gasteiger partial charge in [-0.2, -0.15) is 0 Å². The van der Waals surface area contributed by atoms with E-state index in [-0.39, 0.29) is 28.6 Å². The van der Waals surface area contributed by atoms with Crippen LogP contribution in [0.1, 0.15) is 38.1 Å². The molecule has 1 N–H and O–H groups in total. The standard InChI is InChI=1S/C20H31N3O4S/c1-7-17-18(24)23(11-10-22(4)20(25)21-13(2)3)19(28-17)14-8-9-15(26-5)16(12-14)27-6/h8-9,12-13,17,19H,7,10-11H2,1-6H3,(H,21,25)/t17-,19-/m0/s1. The SMILES string of the molecule is CC[C@@H]1S[C@@H](c2ccc(OC)c(OC)c2)N(CCN(C)C(=O)NC(C)C)C1=O. The van der Waals surface area contributed by atoms with Crippen LogP contribution in [0.15, 0.2) is 18.2 Å². The van der Waals surface area contributed by atoms with E-state index in [1.54, 1.807) is 37.9 Å². The minimum atomic E-state index is -0.135. The second-order valence-corrected chi connectivity index (χ2v) is 8.34. The fourth-order valence-corrected chi connectivity index (χ4v) is 4.48. The first-order valence-corrected chi connectivity index (χ1v) is 10.5.